The molecule has 0 bridgehead atoms. The van der Waals surface area contributed by atoms with E-state index in [4.69, 9.17) is 4.74 Å². The molecule has 2 aromatic carbocycles. The first kappa shape index (κ1) is 12.7. The van der Waals surface area contributed by atoms with Crippen LogP contribution in [0.4, 0.5) is 4.79 Å². The van der Waals surface area contributed by atoms with Gasteiger partial charge in [0.25, 0.3) is 11.1 Å². The van der Waals surface area contributed by atoms with E-state index in [0.29, 0.717) is 10.7 Å². The lowest BCUT2D eigenvalue weighted by Gasteiger charge is -2.09. The fraction of sp³-hybridized carbons (Fsp3) is 0.0667. The lowest BCUT2D eigenvalue weighted by molar-refractivity contribution is -0.115. The first-order chi connectivity index (χ1) is 9.69. The first-order valence-corrected chi connectivity index (χ1v) is 6.81. The predicted octanol–water partition coefficient (Wildman–Crippen LogP) is 3.17. The second-order valence-corrected chi connectivity index (χ2v) is 5.27. The summed E-state index contributed by atoms with van der Waals surface area (Å²) in [6, 6.07) is 11.6. The molecule has 0 aliphatic carbocycles. The van der Waals surface area contributed by atoms with Crippen LogP contribution in [-0.4, -0.2) is 18.3 Å². The van der Waals surface area contributed by atoms with Crippen LogP contribution in [-0.2, 0) is 4.79 Å². The van der Waals surface area contributed by atoms with Gasteiger partial charge in [-0.1, -0.05) is 30.3 Å². The number of amides is 2. The number of carbonyl (C=O) groups is 2. The Bertz CT molecular complexity index is 752. The Morgan fingerprint density at radius 1 is 1.15 bits per heavy atom. The van der Waals surface area contributed by atoms with Gasteiger partial charge in [-0.25, -0.2) is 0 Å². The van der Waals surface area contributed by atoms with Crippen molar-refractivity contribution in [2.24, 2.45) is 0 Å². The lowest BCUT2D eigenvalue weighted by atomic mass is 10.0. The van der Waals surface area contributed by atoms with E-state index in [9.17, 15) is 9.59 Å². The monoisotopic (exact) mass is 285 g/mol. The molecule has 1 saturated heterocycles. The molecule has 0 spiro atoms. The lowest BCUT2D eigenvalue weighted by Crippen LogP contribution is -2.17. The van der Waals surface area contributed by atoms with Crippen LogP contribution in [0.5, 0.6) is 5.75 Å². The van der Waals surface area contributed by atoms with Gasteiger partial charge in [-0.2, -0.15) is 0 Å². The molecule has 1 fully saturated rings. The van der Waals surface area contributed by atoms with Crippen molar-refractivity contribution in [2.45, 2.75) is 0 Å². The molecule has 2 aromatic rings. The molecule has 3 rings (SSSR count). The zero-order valence-electron chi connectivity index (χ0n) is 10.7. The largest absolute Gasteiger partial charge is 0.496 e. The molecule has 0 unspecified atom stereocenters. The van der Waals surface area contributed by atoms with Gasteiger partial charge in [-0.05, 0) is 34.7 Å². The Morgan fingerprint density at radius 3 is 2.65 bits per heavy atom. The summed E-state index contributed by atoms with van der Waals surface area (Å²) in [7, 11) is 1.58. The van der Waals surface area contributed by atoms with Crippen molar-refractivity contribution in [1.29, 1.82) is 0 Å². The Kier molecular flexibility index (Phi) is 3.20. The van der Waals surface area contributed by atoms with Crippen molar-refractivity contribution in [1.82, 2.24) is 5.32 Å². The molecule has 1 heterocycles. The highest BCUT2D eigenvalue weighted by Gasteiger charge is 2.25. The molecule has 1 N–H and O–H groups in total. The van der Waals surface area contributed by atoms with Gasteiger partial charge in [0, 0.05) is 5.56 Å². The number of hydrogen-bond donors (Lipinski definition) is 1. The average molecular weight is 285 g/mol. The second-order valence-electron chi connectivity index (χ2n) is 4.25. The molecule has 20 heavy (non-hydrogen) atoms. The van der Waals surface area contributed by atoms with Crippen LogP contribution in [0.15, 0.2) is 41.3 Å². The number of benzene rings is 2. The van der Waals surface area contributed by atoms with Crippen LogP contribution in [0.1, 0.15) is 5.56 Å². The summed E-state index contributed by atoms with van der Waals surface area (Å²) < 4.78 is 5.36. The van der Waals surface area contributed by atoms with E-state index in [1.807, 2.05) is 36.4 Å². The van der Waals surface area contributed by atoms with Crippen LogP contribution < -0.4 is 10.1 Å². The van der Waals surface area contributed by atoms with Gasteiger partial charge in [-0.3, -0.25) is 14.9 Å². The Balaban J connectivity index is 2.21. The quantitative estimate of drug-likeness (QED) is 0.861. The molecular formula is C15H11NO3S. The van der Waals surface area contributed by atoms with E-state index >= 15 is 0 Å². The summed E-state index contributed by atoms with van der Waals surface area (Å²) in [4.78, 5) is 23.3. The van der Waals surface area contributed by atoms with Crippen LogP contribution in [0.3, 0.4) is 0 Å². The molecular weight excluding hydrogens is 274 g/mol. The van der Waals surface area contributed by atoms with E-state index in [1.165, 1.54) is 0 Å². The van der Waals surface area contributed by atoms with Gasteiger partial charge in [0.2, 0.25) is 0 Å². The van der Waals surface area contributed by atoms with Gasteiger partial charge in [0.1, 0.15) is 5.75 Å². The Morgan fingerprint density at radius 2 is 1.95 bits per heavy atom. The minimum atomic E-state index is -0.366. The van der Waals surface area contributed by atoms with E-state index in [2.05, 4.69) is 5.32 Å². The Hall–Kier alpha value is -2.27. The van der Waals surface area contributed by atoms with Crippen molar-refractivity contribution in [3.8, 4) is 5.75 Å². The van der Waals surface area contributed by atoms with Crippen molar-refractivity contribution in [2.75, 3.05) is 7.11 Å². The summed E-state index contributed by atoms with van der Waals surface area (Å²) in [6.07, 6.45) is 1.70. The van der Waals surface area contributed by atoms with E-state index in [1.54, 1.807) is 13.2 Å². The molecule has 0 saturated carbocycles. The molecule has 100 valence electrons. The molecule has 1 aliphatic rings. The van der Waals surface area contributed by atoms with Gasteiger partial charge in [0.15, 0.2) is 0 Å². The maximum absolute atomic E-state index is 11.7. The zero-order valence-corrected chi connectivity index (χ0v) is 11.5. The third-order valence-electron chi connectivity index (χ3n) is 3.07. The van der Waals surface area contributed by atoms with Crippen molar-refractivity contribution >= 4 is 39.8 Å². The second kappa shape index (κ2) is 5.02. The number of imide groups is 1. The number of fused-ring (bicyclic) bond motifs is 1. The molecule has 4 nitrogen and oxygen atoms in total. The molecule has 1 aliphatic heterocycles. The van der Waals surface area contributed by atoms with Crippen LogP contribution >= 0.6 is 11.8 Å². The predicted molar refractivity (Wildman–Crippen MR) is 79.6 cm³/mol. The number of methoxy groups -OCH3 is 1. The van der Waals surface area contributed by atoms with Crippen LogP contribution in [0.2, 0.25) is 0 Å². The Labute approximate surface area is 119 Å². The molecule has 0 atom stereocenters. The fourth-order valence-corrected chi connectivity index (χ4v) is 2.82. The van der Waals surface area contributed by atoms with E-state index < -0.39 is 0 Å². The van der Waals surface area contributed by atoms with E-state index in [-0.39, 0.29) is 11.1 Å². The highest BCUT2D eigenvalue weighted by atomic mass is 32.2. The summed E-state index contributed by atoms with van der Waals surface area (Å²) in [5, 5.41) is 3.93. The third kappa shape index (κ3) is 2.16. The topological polar surface area (TPSA) is 55.4 Å². The fourth-order valence-electron chi connectivity index (χ4n) is 2.15. The maximum Gasteiger partial charge on any atom is 0.290 e. The zero-order chi connectivity index (χ0) is 14.1. The highest BCUT2D eigenvalue weighted by molar-refractivity contribution is 8.18. The number of nitrogens with one attached hydrogen (secondary N) is 1. The SMILES string of the molecule is COc1ccc2ccccc2c1/C=C1/SC(=O)NC1=O. The van der Waals surface area contributed by atoms with Gasteiger partial charge in [0.05, 0.1) is 12.0 Å². The smallest absolute Gasteiger partial charge is 0.290 e. The molecule has 5 heteroatoms. The number of rotatable bonds is 2. The van der Waals surface area contributed by atoms with Crippen LogP contribution in [0.25, 0.3) is 16.8 Å². The molecule has 0 radical (unpaired) electrons. The normalized spacial score (nSPS) is 16.8. The summed E-state index contributed by atoms with van der Waals surface area (Å²) in [5.74, 6) is 0.305. The van der Waals surface area contributed by atoms with Gasteiger partial charge < -0.3 is 4.74 Å². The minimum Gasteiger partial charge on any atom is -0.496 e. The summed E-state index contributed by atoms with van der Waals surface area (Å²) in [6.45, 7) is 0. The number of hydrogen-bond acceptors (Lipinski definition) is 4. The number of carbonyl (C=O) groups excluding carboxylic acids is 2. The number of ether oxygens (including phenoxy) is 1. The van der Waals surface area contributed by atoms with Crippen molar-refractivity contribution < 1.29 is 14.3 Å². The van der Waals surface area contributed by atoms with Crippen LogP contribution in [0, 0.1) is 0 Å². The van der Waals surface area contributed by atoms with E-state index in [0.717, 1.165) is 28.1 Å². The average Bonchev–Trinajstić information content (AvgIpc) is 2.77. The minimum absolute atomic E-state index is 0.347. The maximum atomic E-state index is 11.7. The van der Waals surface area contributed by atoms with Gasteiger partial charge >= 0.3 is 0 Å². The first-order valence-electron chi connectivity index (χ1n) is 5.99. The standard InChI is InChI=1S/C15H11NO3S/c1-19-12-7-6-9-4-2-3-5-10(9)11(12)8-13-14(17)16-15(18)20-13/h2-8H,1H3,(H,16,17,18)/b13-8+. The van der Waals surface area contributed by atoms with Gasteiger partial charge in [-0.15, -0.1) is 0 Å². The third-order valence-corrected chi connectivity index (χ3v) is 3.88. The molecule has 2 amide bonds. The van der Waals surface area contributed by atoms with Crippen molar-refractivity contribution in [3.05, 3.63) is 46.9 Å². The summed E-state index contributed by atoms with van der Waals surface area (Å²) in [5.41, 5.74) is 0.804. The van der Waals surface area contributed by atoms with Crippen molar-refractivity contribution in [3.63, 3.8) is 0 Å². The highest BCUT2D eigenvalue weighted by Crippen LogP contribution is 2.33. The number of thioether (sulfide) groups is 1. The summed E-state index contributed by atoms with van der Waals surface area (Å²) >= 11 is 0.902. The molecule has 0 aromatic heterocycles.